The number of carbonyl (C=O) groups is 2. The van der Waals surface area contributed by atoms with Crippen LogP contribution in [-0.4, -0.2) is 24.9 Å². The van der Waals surface area contributed by atoms with E-state index in [0.717, 1.165) is 19.3 Å². The van der Waals surface area contributed by atoms with Crippen LogP contribution in [0.4, 0.5) is 0 Å². The minimum absolute atomic E-state index is 0.111. The van der Waals surface area contributed by atoms with Crippen molar-refractivity contribution in [1.82, 2.24) is 0 Å². The number of carbonyl (C=O) groups excluding carboxylic acids is 2. The molecule has 0 unspecified atom stereocenters. The highest BCUT2D eigenvalue weighted by Crippen LogP contribution is 2.09. The van der Waals surface area contributed by atoms with E-state index in [1.54, 1.807) is 6.92 Å². The first-order chi connectivity index (χ1) is 6.57. The van der Waals surface area contributed by atoms with E-state index < -0.39 is 0 Å². The molecule has 4 heteroatoms. The van der Waals surface area contributed by atoms with Gasteiger partial charge in [-0.25, -0.2) is 0 Å². The molecule has 1 atom stereocenters. The predicted molar refractivity (Wildman–Crippen MR) is 53.7 cm³/mol. The van der Waals surface area contributed by atoms with Gasteiger partial charge in [0.25, 0.3) is 0 Å². The lowest BCUT2D eigenvalue weighted by Crippen LogP contribution is -2.18. The number of hydrogen-bond acceptors (Lipinski definition) is 4. The Morgan fingerprint density at radius 2 is 2.00 bits per heavy atom. The van der Waals surface area contributed by atoms with Crippen LogP contribution in [0.15, 0.2) is 0 Å². The smallest absolute Gasteiger partial charge is 0.309 e. The zero-order chi connectivity index (χ0) is 11.0. The molecule has 0 fully saturated rings. The first-order valence-corrected chi connectivity index (χ1v) is 4.94. The molecule has 0 aliphatic rings. The van der Waals surface area contributed by atoms with Gasteiger partial charge in [0, 0.05) is 0 Å². The second-order valence-corrected chi connectivity index (χ2v) is 3.50. The highest BCUT2D eigenvalue weighted by molar-refractivity contribution is 5.80. The van der Waals surface area contributed by atoms with Crippen LogP contribution in [0.2, 0.25) is 0 Å². The summed E-state index contributed by atoms with van der Waals surface area (Å²) < 4.78 is 4.78. The van der Waals surface area contributed by atoms with Gasteiger partial charge in [0.1, 0.15) is 6.61 Å². The average Bonchev–Trinajstić information content (AvgIpc) is 2.14. The number of nitrogens with two attached hydrogens (primary N) is 1. The summed E-state index contributed by atoms with van der Waals surface area (Å²) in [6.07, 6.45) is 2.62. The van der Waals surface area contributed by atoms with Crippen LogP contribution in [0.3, 0.4) is 0 Å². The monoisotopic (exact) mass is 201 g/mol. The van der Waals surface area contributed by atoms with Crippen molar-refractivity contribution in [3.8, 4) is 0 Å². The Labute approximate surface area is 84.8 Å². The Morgan fingerprint density at radius 3 is 2.50 bits per heavy atom. The topological polar surface area (TPSA) is 69.4 Å². The van der Waals surface area contributed by atoms with Crippen LogP contribution in [0.25, 0.3) is 0 Å². The van der Waals surface area contributed by atoms with Gasteiger partial charge in [0.15, 0.2) is 5.78 Å². The Bertz CT molecular complexity index is 192. The fourth-order valence-corrected chi connectivity index (χ4v) is 1.03. The van der Waals surface area contributed by atoms with Gasteiger partial charge in [-0.3, -0.25) is 9.59 Å². The van der Waals surface area contributed by atoms with E-state index >= 15 is 0 Å². The molecule has 14 heavy (non-hydrogen) atoms. The molecule has 0 rings (SSSR count). The van der Waals surface area contributed by atoms with Crippen molar-refractivity contribution in [2.45, 2.75) is 33.1 Å². The normalized spacial score (nSPS) is 12.2. The van der Waals surface area contributed by atoms with E-state index in [0.29, 0.717) is 6.54 Å². The van der Waals surface area contributed by atoms with Gasteiger partial charge < -0.3 is 10.5 Å². The first-order valence-electron chi connectivity index (χ1n) is 4.94. The summed E-state index contributed by atoms with van der Waals surface area (Å²) >= 11 is 0. The number of ether oxygens (including phenoxy) is 1. The molecular weight excluding hydrogens is 182 g/mol. The van der Waals surface area contributed by atoms with Gasteiger partial charge in [-0.1, -0.05) is 13.3 Å². The van der Waals surface area contributed by atoms with E-state index in [4.69, 9.17) is 10.5 Å². The van der Waals surface area contributed by atoms with Gasteiger partial charge in [0.05, 0.1) is 5.92 Å². The summed E-state index contributed by atoms with van der Waals surface area (Å²) in [6.45, 7) is 3.74. The molecule has 0 saturated carbocycles. The Morgan fingerprint density at radius 1 is 1.36 bits per heavy atom. The summed E-state index contributed by atoms with van der Waals surface area (Å²) in [6, 6.07) is 0. The number of Topliss-reactive ketones (excluding diaryl/α,β-unsaturated/α-hetero) is 1. The molecule has 0 aromatic carbocycles. The molecule has 0 radical (unpaired) electrons. The van der Waals surface area contributed by atoms with Crippen LogP contribution in [0.1, 0.15) is 33.1 Å². The lowest BCUT2D eigenvalue weighted by molar-refractivity contribution is -0.151. The molecule has 0 aromatic rings. The van der Waals surface area contributed by atoms with Gasteiger partial charge in [-0.15, -0.1) is 0 Å². The first kappa shape index (κ1) is 13.1. The van der Waals surface area contributed by atoms with Crippen LogP contribution >= 0.6 is 0 Å². The number of esters is 1. The van der Waals surface area contributed by atoms with Gasteiger partial charge in [-0.05, 0) is 26.3 Å². The fraction of sp³-hybridized carbons (Fsp3) is 0.800. The molecule has 0 bridgehead atoms. The molecule has 0 aliphatic heterocycles. The number of ketones is 1. The second kappa shape index (κ2) is 7.50. The molecule has 0 aliphatic carbocycles. The summed E-state index contributed by atoms with van der Waals surface area (Å²) in [4.78, 5) is 21.8. The van der Waals surface area contributed by atoms with Crippen molar-refractivity contribution in [3.63, 3.8) is 0 Å². The van der Waals surface area contributed by atoms with Gasteiger partial charge in [-0.2, -0.15) is 0 Å². The molecule has 82 valence electrons. The van der Waals surface area contributed by atoms with Crippen molar-refractivity contribution >= 4 is 11.8 Å². The van der Waals surface area contributed by atoms with E-state index in [1.807, 2.05) is 0 Å². The van der Waals surface area contributed by atoms with Crippen molar-refractivity contribution < 1.29 is 14.3 Å². The third-order valence-corrected chi connectivity index (χ3v) is 1.91. The third-order valence-electron chi connectivity index (χ3n) is 1.91. The van der Waals surface area contributed by atoms with Crippen LogP contribution in [-0.2, 0) is 14.3 Å². The molecule has 0 spiro atoms. The molecule has 4 nitrogen and oxygen atoms in total. The molecule has 0 aromatic heterocycles. The summed E-state index contributed by atoms with van der Waals surface area (Å²) in [5, 5.41) is 0. The molecule has 0 saturated heterocycles. The highest BCUT2D eigenvalue weighted by atomic mass is 16.5. The van der Waals surface area contributed by atoms with E-state index in [9.17, 15) is 9.59 Å². The highest BCUT2D eigenvalue weighted by Gasteiger charge is 2.14. The SMILES string of the molecule is CC(=O)COC(=O)[C@@H](C)CCCCN. The summed E-state index contributed by atoms with van der Waals surface area (Å²) in [5.74, 6) is -0.564. The molecular formula is C10H19NO3. The zero-order valence-electron chi connectivity index (χ0n) is 8.91. The van der Waals surface area contributed by atoms with Crippen LogP contribution < -0.4 is 5.73 Å². The molecule has 0 heterocycles. The fourth-order valence-electron chi connectivity index (χ4n) is 1.03. The quantitative estimate of drug-likeness (QED) is 0.490. The number of hydrogen-bond donors (Lipinski definition) is 1. The summed E-state index contributed by atoms with van der Waals surface area (Å²) in [5.41, 5.74) is 5.33. The van der Waals surface area contributed by atoms with Crippen LogP contribution in [0.5, 0.6) is 0 Å². The molecule has 0 amide bonds. The van der Waals surface area contributed by atoms with Gasteiger partial charge >= 0.3 is 5.97 Å². The van der Waals surface area contributed by atoms with E-state index in [-0.39, 0.29) is 24.3 Å². The van der Waals surface area contributed by atoms with Crippen molar-refractivity contribution in [2.24, 2.45) is 11.7 Å². The Hall–Kier alpha value is -0.900. The zero-order valence-corrected chi connectivity index (χ0v) is 8.91. The number of rotatable bonds is 7. The van der Waals surface area contributed by atoms with E-state index in [1.165, 1.54) is 6.92 Å². The number of unbranched alkanes of at least 4 members (excludes halogenated alkanes) is 1. The van der Waals surface area contributed by atoms with Gasteiger partial charge in [0.2, 0.25) is 0 Å². The lowest BCUT2D eigenvalue weighted by atomic mass is 10.0. The van der Waals surface area contributed by atoms with Crippen molar-refractivity contribution in [1.29, 1.82) is 0 Å². The minimum atomic E-state index is -0.294. The summed E-state index contributed by atoms with van der Waals surface area (Å²) in [7, 11) is 0. The lowest BCUT2D eigenvalue weighted by Gasteiger charge is -2.09. The van der Waals surface area contributed by atoms with E-state index in [2.05, 4.69) is 0 Å². The Kier molecular flexibility index (Phi) is 7.02. The maximum Gasteiger partial charge on any atom is 0.309 e. The maximum atomic E-state index is 11.2. The predicted octanol–water partition coefficient (Wildman–Crippen LogP) is 0.884. The standard InChI is InChI=1S/C10H19NO3/c1-8(5-3-4-6-11)10(13)14-7-9(2)12/h8H,3-7,11H2,1-2H3/t8-/m0/s1. The van der Waals surface area contributed by atoms with Crippen LogP contribution in [0, 0.1) is 5.92 Å². The maximum absolute atomic E-state index is 11.2. The molecule has 2 N–H and O–H groups in total. The van der Waals surface area contributed by atoms with Crippen molar-refractivity contribution in [2.75, 3.05) is 13.2 Å². The Balaban J connectivity index is 3.59. The second-order valence-electron chi connectivity index (χ2n) is 3.50. The van der Waals surface area contributed by atoms with Crippen molar-refractivity contribution in [3.05, 3.63) is 0 Å². The third kappa shape index (κ3) is 6.60. The average molecular weight is 201 g/mol. The minimum Gasteiger partial charge on any atom is -0.457 e. The largest absolute Gasteiger partial charge is 0.457 e.